The van der Waals surface area contributed by atoms with Crippen LogP contribution in [-0.4, -0.2) is 11.3 Å². The molecule has 0 amide bonds. The van der Waals surface area contributed by atoms with E-state index in [1.165, 1.54) is 24.4 Å². The van der Waals surface area contributed by atoms with Crippen molar-refractivity contribution in [2.75, 3.05) is 0 Å². The number of rotatable bonds is 2. The minimum atomic E-state index is -0.373. The van der Waals surface area contributed by atoms with Gasteiger partial charge >= 0.3 is 0 Å². The zero-order valence-electron chi connectivity index (χ0n) is 8.84. The van der Waals surface area contributed by atoms with E-state index in [9.17, 15) is 9.59 Å². The second kappa shape index (κ2) is 5.14. The minimum Gasteiger partial charge on any atom is -0.328 e. The Morgan fingerprint density at radius 3 is 2.22 bits per heavy atom. The van der Waals surface area contributed by atoms with Crippen LogP contribution >= 0.6 is 34.8 Å². The van der Waals surface area contributed by atoms with Crippen molar-refractivity contribution in [3.63, 3.8) is 0 Å². The highest BCUT2D eigenvalue weighted by atomic mass is 35.5. The van der Waals surface area contributed by atoms with E-state index < -0.39 is 0 Å². The molecule has 0 radical (unpaired) electrons. The normalized spacial score (nSPS) is 10.4. The number of halogens is 3. The van der Waals surface area contributed by atoms with Crippen molar-refractivity contribution in [2.45, 2.75) is 0 Å². The highest BCUT2D eigenvalue weighted by molar-refractivity contribution is 6.42. The van der Waals surface area contributed by atoms with Gasteiger partial charge in [-0.1, -0.05) is 34.8 Å². The fourth-order valence-electron chi connectivity index (χ4n) is 1.60. The van der Waals surface area contributed by atoms with Gasteiger partial charge in [0.2, 0.25) is 5.56 Å². The monoisotopic (exact) mass is 301 g/mol. The molecule has 0 aliphatic carbocycles. The van der Waals surface area contributed by atoms with Crippen molar-refractivity contribution >= 4 is 41.1 Å². The summed E-state index contributed by atoms with van der Waals surface area (Å²) in [5.74, 6) is 0. The molecule has 0 bridgehead atoms. The van der Waals surface area contributed by atoms with Crippen LogP contribution in [-0.2, 0) is 0 Å². The zero-order valence-corrected chi connectivity index (χ0v) is 11.1. The Kier molecular flexibility index (Phi) is 3.76. The molecular weight excluding hydrogens is 296 g/mol. The van der Waals surface area contributed by atoms with Gasteiger partial charge in [-0.2, -0.15) is 0 Å². The lowest BCUT2D eigenvalue weighted by Crippen LogP contribution is -2.06. The molecule has 2 rings (SSSR count). The first-order valence-corrected chi connectivity index (χ1v) is 5.99. The second-order valence-electron chi connectivity index (χ2n) is 3.53. The van der Waals surface area contributed by atoms with E-state index in [4.69, 9.17) is 34.8 Å². The lowest BCUT2D eigenvalue weighted by Gasteiger charge is -2.09. The second-order valence-corrected chi connectivity index (χ2v) is 4.78. The van der Waals surface area contributed by atoms with Crippen LogP contribution in [0.2, 0.25) is 15.1 Å². The predicted molar refractivity (Wildman–Crippen MR) is 72.9 cm³/mol. The summed E-state index contributed by atoms with van der Waals surface area (Å²) in [5.41, 5.74) is 0.754. The molecule has 1 heterocycles. The summed E-state index contributed by atoms with van der Waals surface area (Å²) < 4.78 is 0. The molecule has 0 fully saturated rings. The molecule has 0 saturated heterocycles. The molecule has 0 spiro atoms. The number of aldehydes is 1. The van der Waals surface area contributed by atoms with E-state index in [1.807, 2.05) is 0 Å². The van der Waals surface area contributed by atoms with Crippen LogP contribution in [0.25, 0.3) is 11.1 Å². The number of carbonyl (C=O) groups is 1. The summed E-state index contributed by atoms with van der Waals surface area (Å²) in [7, 11) is 0. The van der Waals surface area contributed by atoms with Crippen LogP contribution in [0, 0.1) is 0 Å². The predicted octanol–water partition coefficient (Wildman–Crippen LogP) is 3.81. The number of H-pyrrole nitrogens is 1. The number of carbonyl (C=O) groups excluding carboxylic acids is 1. The number of aromatic nitrogens is 1. The van der Waals surface area contributed by atoms with Gasteiger partial charge in [-0.15, -0.1) is 0 Å². The molecule has 3 nitrogen and oxygen atoms in total. The molecule has 18 heavy (non-hydrogen) atoms. The summed E-state index contributed by atoms with van der Waals surface area (Å²) in [6.07, 6.45) is 1.97. The average Bonchev–Trinajstić information content (AvgIpc) is 2.29. The first-order chi connectivity index (χ1) is 8.52. The van der Waals surface area contributed by atoms with Gasteiger partial charge in [0.25, 0.3) is 0 Å². The average molecular weight is 303 g/mol. The van der Waals surface area contributed by atoms with Crippen LogP contribution in [0.5, 0.6) is 0 Å². The van der Waals surface area contributed by atoms with Crippen LogP contribution < -0.4 is 5.56 Å². The Labute approximate surface area is 117 Å². The summed E-state index contributed by atoms with van der Waals surface area (Å²) in [6, 6.07) is 4.22. The van der Waals surface area contributed by atoms with E-state index in [-0.39, 0.29) is 11.1 Å². The highest BCUT2D eigenvalue weighted by Gasteiger charge is 2.14. The number of benzene rings is 1. The maximum Gasteiger partial charge on any atom is 0.248 e. The summed E-state index contributed by atoms with van der Waals surface area (Å²) in [4.78, 5) is 24.6. The summed E-state index contributed by atoms with van der Waals surface area (Å²) >= 11 is 17.9. The topological polar surface area (TPSA) is 49.9 Å². The Morgan fingerprint density at radius 2 is 1.67 bits per heavy atom. The summed E-state index contributed by atoms with van der Waals surface area (Å²) in [5, 5.41) is 1.01. The molecule has 0 saturated carbocycles. The van der Waals surface area contributed by atoms with E-state index in [1.54, 1.807) is 0 Å². The lowest BCUT2D eigenvalue weighted by molar-refractivity contribution is 0.112. The Balaban J connectivity index is 2.77. The largest absolute Gasteiger partial charge is 0.328 e. The standard InChI is InChI=1S/C12H6Cl3NO2/c13-7-2-9(14)12(10(15)3-7)8-4-16-11(18)1-6(8)5-17/h1-5H,(H,16,18). The van der Waals surface area contributed by atoms with Gasteiger partial charge in [0.1, 0.15) is 0 Å². The van der Waals surface area contributed by atoms with E-state index >= 15 is 0 Å². The molecule has 2 aromatic rings. The van der Waals surface area contributed by atoms with Crippen molar-refractivity contribution in [1.29, 1.82) is 0 Å². The molecule has 0 aliphatic rings. The molecule has 1 aromatic heterocycles. The Hall–Kier alpha value is -1.29. The molecule has 0 atom stereocenters. The molecule has 0 aliphatic heterocycles. The highest BCUT2D eigenvalue weighted by Crippen LogP contribution is 2.37. The van der Waals surface area contributed by atoms with E-state index in [0.29, 0.717) is 32.5 Å². The Bertz CT molecular complexity index is 656. The molecule has 6 heteroatoms. The maximum atomic E-state index is 11.2. The van der Waals surface area contributed by atoms with Crippen LogP contribution in [0.15, 0.2) is 29.2 Å². The van der Waals surface area contributed by atoms with Gasteiger partial charge in [0.05, 0.1) is 10.0 Å². The molecule has 1 N–H and O–H groups in total. The number of aromatic amines is 1. The molecule has 92 valence electrons. The number of nitrogens with one attached hydrogen (secondary N) is 1. The zero-order chi connectivity index (χ0) is 13.3. The SMILES string of the molecule is O=Cc1cc(=O)[nH]cc1-c1c(Cl)cc(Cl)cc1Cl. The van der Waals surface area contributed by atoms with Crippen molar-refractivity contribution in [1.82, 2.24) is 4.98 Å². The number of pyridine rings is 1. The van der Waals surface area contributed by atoms with Gasteiger partial charge in [0.15, 0.2) is 6.29 Å². The maximum absolute atomic E-state index is 11.2. The van der Waals surface area contributed by atoms with E-state index in [2.05, 4.69) is 4.98 Å². The quantitative estimate of drug-likeness (QED) is 0.857. The smallest absolute Gasteiger partial charge is 0.248 e. The lowest BCUT2D eigenvalue weighted by atomic mass is 10.0. The third-order valence-corrected chi connectivity index (χ3v) is 3.17. The van der Waals surface area contributed by atoms with Gasteiger partial charge in [-0.25, -0.2) is 0 Å². The van der Waals surface area contributed by atoms with Gasteiger partial charge < -0.3 is 4.98 Å². The molecule has 1 aromatic carbocycles. The van der Waals surface area contributed by atoms with Crippen molar-refractivity contribution in [3.8, 4) is 11.1 Å². The minimum absolute atomic E-state index is 0.213. The molecule has 0 unspecified atom stereocenters. The Morgan fingerprint density at radius 1 is 1.06 bits per heavy atom. The van der Waals surface area contributed by atoms with Crippen molar-refractivity contribution in [3.05, 3.63) is 55.4 Å². The fraction of sp³-hybridized carbons (Fsp3) is 0. The van der Waals surface area contributed by atoms with E-state index in [0.717, 1.165) is 0 Å². The first-order valence-electron chi connectivity index (χ1n) is 4.85. The van der Waals surface area contributed by atoms with Gasteiger partial charge in [-0.3, -0.25) is 9.59 Å². The van der Waals surface area contributed by atoms with Gasteiger partial charge in [0, 0.05) is 34.0 Å². The van der Waals surface area contributed by atoms with Crippen molar-refractivity contribution < 1.29 is 4.79 Å². The van der Waals surface area contributed by atoms with Crippen LogP contribution in [0.3, 0.4) is 0 Å². The third kappa shape index (κ3) is 2.43. The number of hydrogen-bond donors (Lipinski definition) is 1. The number of hydrogen-bond acceptors (Lipinski definition) is 2. The van der Waals surface area contributed by atoms with Crippen LogP contribution in [0.4, 0.5) is 0 Å². The van der Waals surface area contributed by atoms with Crippen LogP contribution in [0.1, 0.15) is 10.4 Å². The van der Waals surface area contributed by atoms with Crippen molar-refractivity contribution in [2.24, 2.45) is 0 Å². The van der Waals surface area contributed by atoms with Gasteiger partial charge in [-0.05, 0) is 12.1 Å². The summed E-state index contributed by atoms with van der Waals surface area (Å²) in [6.45, 7) is 0. The first kappa shape index (κ1) is 13.1. The fourth-order valence-corrected chi connectivity index (χ4v) is 2.62. The molecular formula is C12H6Cl3NO2. The third-order valence-electron chi connectivity index (χ3n) is 2.36.